The minimum absolute atomic E-state index is 0.0569. The van der Waals surface area contributed by atoms with Crippen LogP contribution in [0.3, 0.4) is 0 Å². The highest BCUT2D eigenvalue weighted by Gasteiger charge is 2.46. The summed E-state index contributed by atoms with van der Waals surface area (Å²) in [7, 11) is 0. The highest BCUT2D eigenvalue weighted by atomic mass is 16.7. The van der Waals surface area contributed by atoms with Crippen molar-refractivity contribution in [2.75, 3.05) is 13.3 Å². The highest BCUT2D eigenvalue weighted by Crippen LogP contribution is 2.43. The maximum absolute atomic E-state index is 12.8. The first-order chi connectivity index (χ1) is 14.4. The number of aliphatic hydroxyl groups is 1. The van der Waals surface area contributed by atoms with Crippen molar-refractivity contribution < 1.29 is 34.1 Å². The van der Waals surface area contributed by atoms with E-state index in [-0.39, 0.29) is 31.1 Å². The summed E-state index contributed by atoms with van der Waals surface area (Å²) in [5.74, 6) is -2.14. The van der Waals surface area contributed by atoms with Gasteiger partial charge in [-0.3, -0.25) is 14.4 Å². The van der Waals surface area contributed by atoms with Crippen LogP contribution < -0.4 is 9.47 Å². The molecule has 0 spiro atoms. The third-order valence-corrected chi connectivity index (χ3v) is 5.14. The summed E-state index contributed by atoms with van der Waals surface area (Å²) in [5, 5.41) is 20.0. The summed E-state index contributed by atoms with van der Waals surface area (Å²) in [4.78, 5) is 37.8. The van der Waals surface area contributed by atoms with Gasteiger partial charge in [0.1, 0.15) is 5.76 Å². The number of Topliss-reactive ketones (excluding diaryl/α,β-unsaturated/α-hetero) is 1. The fourth-order valence-corrected chi connectivity index (χ4v) is 3.62. The van der Waals surface area contributed by atoms with Gasteiger partial charge in [-0.1, -0.05) is 35.9 Å². The number of carbonyl (C=O) groups excluding carboxylic acids is 2. The molecule has 0 aromatic heterocycles. The van der Waals surface area contributed by atoms with Crippen LogP contribution in [-0.4, -0.2) is 46.1 Å². The number of amides is 1. The molecule has 2 N–H and O–H groups in total. The van der Waals surface area contributed by atoms with Gasteiger partial charge in [-0.25, -0.2) is 0 Å². The number of carboxylic acids is 1. The number of benzene rings is 2. The van der Waals surface area contributed by atoms with Gasteiger partial charge in [0, 0.05) is 12.1 Å². The zero-order chi connectivity index (χ0) is 21.4. The Kier molecular flexibility index (Phi) is 4.91. The van der Waals surface area contributed by atoms with E-state index in [9.17, 15) is 19.5 Å². The quantitative estimate of drug-likeness (QED) is 0.443. The molecule has 1 unspecified atom stereocenters. The van der Waals surface area contributed by atoms with Crippen LogP contribution >= 0.6 is 0 Å². The molecule has 30 heavy (non-hydrogen) atoms. The Morgan fingerprint density at radius 2 is 1.77 bits per heavy atom. The molecule has 2 heterocycles. The molecule has 2 aliphatic heterocycles. The van der Waals surface area contributed by atoms with Crippen molar-refractivity contribution in [1.82, 2.24) is 4.90 Å². The molecule has 0 radical (unpaired) electrons. The number of nitrogens with zero attached hydrogens (tertiary/aromatic N) is 1. The molecule has 1 atom stereocenters. The maximum atomic E-state index is 12.8. The van der Waals surface area contributed by atoms with Gasteiger partial charge in [-0.05, 0) is 24.6 Å². The fraction of sp³-hybridized carbons (Fsp3) is 0.227. The number of likely N-dealkylation sites (tertiary alicyclic amines) is 1. The van der Waals surface area contributed by atoms with Crippen LogP contribution in [0.2, 0.25) is 0 Å². The Labute approximate surface area is 171 Å². The van der Waals surface area contributed by atoms with Gasteiger partial charge in [0.2, 0.25) is 6.79 Å². The molecular weight excluding hydrogens is 390 g/mol. The van der Waals surface area contributed by atoms with E-state index >= 15 is 0 Å². The second kappa shape index (κ2) is 7.55. The smallest absolute Gasteiger partial charge is 0.305 e. The Balaban J connectivity index is 1.84. The molecular formula is C22H19NO7. The molecule has 1 amide bonds. The highest BCUT2D eigenvalue weighted by molar-refractivity contribution is 6.46. The molecule has 0 aliphatic carbocycles. The van der Waals surface area contributed by atoms with Crippen molar-refractivity contribution in [3.8, 4) is 11.5 Å². The zero-order valence-electron chi connectivity index (χ0n) is 16.1. The third-order valence-electron chi connectivity index (χ3n) is 5.14. The van der Waals surface area contributed by atoms with E-state index < -0.39 is 23.7 Å². The van der Waals surface area contributed by atoms with Crippen LogP contribution in [0, 0.1) is 6.92 Å². The van der Waals surface area contributed by atoms with Crippen molar-refractivity contribution in [3.05, 3.63) is 64.7 Å². The summed E-state index contributed by atoms with van der Waals surface area (Å²) in [6.07, 6.45) is -0.335. The molecule has 154 valence electrons. The molecule has 2 aromatic carbocycles. The molecule has 1 saturated heterocycles. The molecule has 4 rings (SSSR count). The number of aliphatic hydroxyl groups excluding tert-OH is 1. The first-order valence-corrected chi connectivity index (χ1v) is 9.33. The predicted octanol–water partition coefficient (Wildman–Crippen LogP) is 2.62. The van der Waals surface area contributed by atoms with Crippen LogP contribution in [0.15, 0.2) is 48.0 Å². The van der Waals surface area contributed by atoms with Crippen LogP contribution in [-0.2, 0) is 14.4 Å². The first-order valence-electron chi connectivity index (χ1n) is 9.33. The number of ketones is 1. The van der Waals surface area contributed by atoms with E-state index in [1.807, 2.05) is 6.92 Å². The summed E-state index contributed by atoms with van der Waals surface area (Å²) in [6, 6.07) is 10.9. The number of hydrogen-bond acceptors (Lipinski definition) is 6. The van der Waals surface area contributed by atoms with Crippen LogP contribution in [0.4, 0.5) is 0 Å². The van der Waals surface area contributed by atoms with Gasteiger partial charge in [0.15, 0.2) is 11.5 Å². The average molecular weight is 409 g/mol. The topological polar surface area (TPSA) is 113 Å². The monoisotopic (exact) mass is 409 g/mol. The minimum atomic E-state index is -1.10. The average Bonchev–Trinajstić information content (AvgIpc) is 3.29. The van der Waals surface area contributed by atoms with Crippen molar-refractivity contribution in [2.45, 2.75) is 19.4 Å². The molecule has 2 aromatic rings. The lowest BCUT2D eigenvalue weighted by Gasteiger charge is -2.25. The van der Waals surface area contributed by atoms with Crippen molar-refractivity contribution in [1.29, 1.82) is 0 Å². The standard InChI is InChI=1S/C22H19NO7/c1-12-2-4-13(5-3-12)20(26)18-19(14-6-7-15-16(10-14)30-11-29-15)23(9-8-17(24)25)22(28)21(18)27/h2-7,10,19,26H,8-9,11H2,1H3,(H,24,25)/b20-18-. The number of carbonyl (C=O) groups is 3. The van der Waals surface area contributed by atoms with E-state index in [1.165, 1.54) is 4.90 Å². The number of carboxylic acid groups (broad SMARTS) is 1. The normalized spacial score (nSPS) is 19.4. The second-order valence-corrected chi connectivity index (χ2v) is 7.11. The molecule has 8 nitrogen and oxygen atoms in total. The molecule has 8 heteroatoms. The van der Waals surface area contributed by atoms with Gasteiger partial charge < -0.3 is 24.6 Å². The fourth-order valence-electron chi connectivity index (χ4n) is 3.62. The molecule has 0 saturated carbocycles. The first kappa shape index (κ1) is 19.5. The summed E-state index contributed by atoms with van der Waals surface area (Å²) in [6.45, 7) is 1.77. The number of aliphatic carboxylic acids is 1. The summed E-state index contributed by atoms with van der Waals surface area (Å²) in [5.41, 5.74) is 1.79. The van der Waals surface area contributed by atoms with E-state index in [0.29, 0.717) is 22.6 Å². The lowest BCUT2D eigenvalue weighted by molar-refractivity contribution is -0.142. The number of ether oxygens (including phenoxy) is 2. The van der Waals surface area contributed by atoms with Gasteiger partial charge in [-0.2, -0.15) is 0 Å². The van der Waals surface area contributed by atoms with E-state index in [1.54, 1.807) is 42.5 Å². The minimum Gasteiger partial charge on any atom is -0.507 e. The summed E-state index contributed by atoms with van der Waals surface area (Å²) < 4.78 is 10.7. The van der Waals surface area contributed by atoms with E-state index in [2.05, 4.69) is 0 Å². The van der Waals surface area contributed by atoms with Crippen LogP contribution in [0.25, 0.3) is 5.76 Å². The molecule has 2 aliphatic rings. The number of rotatable bonds is 5. The van der Waals surface area contributed by atoms with Gasteiger partial charge >= 0.3 is 5.97 Å². The summed E-state index contributed by atoms with van der Waals surface area (Å²) >= 11 is 0. The van der Waals surface area contributed by atoms with Crippen molar-refractivity contribution in [2.24, 2.45) is 0 Å². The molecule has 1 fully saturated rings. The predicted molar refractivity (Wildman–Crippen MR) is 105 cm³/mol. The SMILES string of the molecule is Cc1ccc(/C(O)=C2/C(=O)C(=O)N(CCC(=O)O)C2c2ccc3c(c2)OCO3)cc1. The van der Waals surface area contributed by atoms with Gasteiger partial charge in [0.05, 0.1) is 18.0 Å². The van der Waals surface area contributed by atoms with Crippen LogP contribution in [0.5, 0.6) is 11.5 Å². The van der Waals surface area contributed by atoms with Gasteiger partial charge in [0.25, 0.3) is 11.7 Å². The van der Waals surface area contributed by atoms with Crippen molar-refractivity contribution >= 4 is 23.4 Å². The lowest BCUT2D eigenvalue weighted by Crippen LogP contribution is -2.31. The molecule has 0 bridgehead atoms. The Morgan fingerprint density at radius 3 is 2.47 bits per heavy atom. The van der Waals surface area contributed by atoms with Gasteiger partial charge in [-0.15, -0.1) is 0 Å². The number of hydrogen-bond donors (Lipinski definition) is 2. The second-order valence-electron chi connectivity index (χ2n) is 7.11. The largest absolute Gasteiger partial charge is 0.507 e. The number of fused-ring (bicyclic) bond motifs is 1. The van der Waals surface area contributed by atoms with E-state index in [4.69, 9.17) is 14.6 Å². The maximum Gasteiger partial charge on any atom is 0.305 e. The Hall–Kier alpha value is -3.81. The number of aryl methyl sites for hydroxylation is 1. The Morgan fingerprint density at radius 1 is 1.07 bits per heavy atom. The Bertz CT molecular complexity index is 1070. The third kappa shape index (κ3) is 3.36. The zero-order valence-corrected chi connectivity index (χ0v) is 16.1. The lowest BCUT2D eigenvalue weighted by atomic mass is 9.94. The van der Waals surface area contributed by atoms with Crippen LogP contribution in [0.1, 0.15) is 29.2 Å². The van der Waals surface area contributed by atoms with E-state index in [0.717, 1.165) is 5.56 Å². The van der Waals surface area contributed by atoms with Crippen molar-refractivity contribution in [3.63, 3.8) is 0 Å².